The molecule has 29 heavy (non-hydrogen) atoms. The highest BCUT2D eigenvalue weighted by molar-refractivity contribution is 5.98. The number of carbonyl (C=O) groups is 3. The summed E-state index contributed by atoms with van der Waals surface area (Å²) in [7, 11) is 0. The highest BCUT2D eigenvalue weighted by Gasteiger charge is 2.30. The van der Waals surface area contributed by atoms with Crippen LogP contribution in [-0.4, -0.2) is 39.8 Å². The van der Waals surface area contributed by atoms with Crippen molar-refractivity contribution in [3.05, 3.63) is 47.0 Å². The van der Waals surface area contributed by atoms with Gasteiger partial charge in [0.05, 0.1) is 5.69 Å². The summed E-state index contributed by atoms with van der Waals surface area (Å²) in [6, 6.07) is 5.35. The Hall–Kier alpha value is -3.23. The number of hydrogen-bond donors (Lipinski definition) is 2. The minimum atomic E-state index is -1.15. The molecule has 1 saturated carbocycles. The Bertz CT molecular complexity index is 966. The zero-order valence-electron chi connectivity index (χ0n) is 15.9. The van der Waals surface area contributed by atoms with Crippen molar-refractivity contribution in [1.29, 1.82) is 0 Å². The van der Waals surface area contributed by atoms with E-state index in [1.165, 1.54) is 19.1 Å². The zero-order chi connectivity index (χ0) is 20.5. The normalized spacial score (nSPS) is 16.1. The van der Waals surface area contributed by atoms with E-state index in [9.17, 15) is 18.8 Å². The maximum Gasteiger partial charge on any atom is 0.359 e. The fourth-order valence-electron chi connectivity index (χ4n) is 3.33. The second kappa shape index (κ2) is 7.65. The summed E-state index contributed by atoms with van der Waals surface area (Å²) >= 11 is 0. The van der Waals surface area contributed by atoms with E-state index in [0.29, 0.717) is 12.1 Å². The smallest absolute Gasteiger partial charge is 0.359 e. The van der Waals surface area contributed by atoms with Crippen LogP contribution < -0.4 is 10.6 Å². The number of imide groups is 1. The number of hydrogen-bond acceptors (Lipinski definition) is 5. The van der Waals surface area contributed by atoms with Gasteiger partial charge in [0.2, 0.25) is 0 Å². The maximum atomic E-state index is 13.2. The van der Waals surface area contributed by atoms with Crippen LogP contribution in [0.5, 0.6) is 0 Å². The number of nitrogens with one attached hydrogen (secondary N) is 2. The number of amides is 3. The summed E-state index contributed by atoms with van der Waals surface area (Å²) in [5.41, 5.74) is 2.44. The molecule has 0 saturated heterocycles. The van der Waals surface area contributed by atoms with Crippen LogP contribution in [0.3, 0.4) is 0 Å². The van der Waals surface area contributed by atoms with Crippen molar-refractivity contribution in [3.8, 4) is 5.69 Å². The number of aromatic nitrogens is 2. The lowest BCUT2D eigenvalue weighted by Crippen LogP contribution is -2.45. The molecule has 8 nitrogen and oxygen atoms in total. The van der Waals surface area contributed by atoms with Crippen molar-refractivity contribution in [1.82, 2.24) is 20.4 Å². The topological polar surface area (TPSA) is 102 Å². The van der Waals surface area contributed by atoms with E-state index < -0.39 is 24.0 Å². The number of nitrogens with zero attached hydrogens (tertiary/aromatic N) is 2. The molecular formula is C20H21FN4O4. The molecule has 0 spiro atoms. The van der Waals surface area contributed by atoms with Crippen LogP contribution in [0.15, 0.2) is 24.3 Å². The number of rotatable bonds is 5. The van der Waals surface area contributed by atoms with E-state index in [1.807, 2.05) is 0 Å². The first-order valence-electron chi connectivity index (χ1n) is 9.61. The molecule has 2 N–H and O–H groups in total. The molecule has 1 heterocycles. The summed E-state index contributed by atoms with van der Waals surface area (Å²) in [6.07, 6.45) is 2.92. The Morgan fingerprint density at radius 1 is 1.21 bits per heavy atom. The summed E-state index contributed by atoms with van der Waals surface area (Å²) in [6.45, 7) is 1.40. The Labute approximate surface area is 166 Å². The Kier molecular flexibility index (Phi) is 5.04. The van der Waals surface area contributed by atoms with Gasteiger partial charge in [-0.3, -0.25) is 10.1 Å². The summed E-state index contributed by atoms with van der Waals surface area (Å²) in [4.78, 5) is 36.4. The number of urea groups is 1. The van der Waals surface area contributed by atoms with Crippen LogP contribution in [0.4, 0.5) is 9.18 Å². The highest BCUT2D eigenvalue weighted by Crippen LogP contribution is 2.28. The van der Waals surface area contributed by atoms with E-state index >= 15 is 0 Å². The minimum Gasteiger partial charge on any atom is -0.448 e. The minimum absolute atomic E-state index is 0.110. The van der Waals surface area contributed by atoms with E-state index in [2.05, 4.69) is 15.7 Å². The van der Waals surface area contributed by atoms with Crippen molar-refractivity contribution in [2.45, 2.75) is 51.2 Å². The molecule has 0 bridgehead atoms. The molecule has 3 amide bonds. The SMILES string of the molecule is CC(OC(=O)c1nn(-c2ccc(F)cc2)c2c1CCC2)C(=O)NC(=O)NC1CC1. The average Bonchev–Trinajstić information content (AvgIpc) is 3.23. The summed E-state index contributed by atoms with van der Waals surface area (Å²) < 4.78 is 20.1. The number of ether oxygens (including phenoxy) is 1. The second-order valence-electron chi connectivity index (χ2n) is 7.30. The largest absolute Gasteiger partial charge is 0.448 e. The van der Waals surface area contributed by atoms with Crippen molar-refractivity contribution in [3.63, 3.8) is 0 Å². The number of halogens is 1. The van der Waals surface area contributed by atoms with Gasteiger partial charge in [0, 0.05) is 17.3 Å². The molecule has 1 unspecified atom stereocenters. The maximum absolute atomic E-state index is 13.2. The third-order valence-electron chi connectivity index (χ3n) is 5.00. The molecule has 4 rings (SSSR count). The van der Waals surface area contributed by atoms with Gasteiger partial charge in [0.1, 0.15) is 5.82 Å². The average molecular weight is 400 g/mol. The first-order chi connectivity index (χ1) is 13.9. The number of fused-ring (bicyclic) bond motifs is 1. The van der Waals surface area contributed by atoms with Crippen LogP contribution in [0.1, 0.15) is 47.9 Å². The van der Waals surface area contributed by atoms with E-state index in [-0.39, 0.29) is 17.6 Å². The molecule has 0 aliphatic heterocycles. The van der Waals surface area contributed by atoms with E-state index in [1.54, 1.807) is 16.8 Å². The third kappa shape index (κ3) is 4.13. The monoisotopic (exact) mass is 400 g/mol. The zero-order valence-corrected chi connectivity index (χ0v) is 15.9. The van der Waals surface area contributed by atoms with Crippen LogP contribution in [0.2, 0.25) is 0 Å². The van der Waals surface area contributed by atoms with Crippen molar-refractivity contribution >= 4 is 17.9 Å². The van der Waals surface area contributed by atoms with Crippen LogP contribution in [0.25, 0.3) is 5.69 Å². The van der Waals surface area contributed by atoms with Gasteiger partial charge < -0.3 is 10.1 Å². The first kappa shape index (κ1) is 19.1. The molecule has 1 atom stereocenters. The van der Waals surface area contributed by atoms with Crippen molar-refractivity contribution in [2.75, 3.05) is 0 Å². The highest BCUT2D eigenvalue weighted by atomic mass is 19.1. The van der Waals surface area contributed by atoms with E-state index in [0.717, 1.165) is 36.9 Å². The standard InChI is InChI=1S/C20H21FN4O4/c1-11(18(26)23-20(28)22-13-7-8-13)29-19(27)17-15-3-2-4-16(15)25(24-17)14-9-5-12(21)6-10-14/h5-6,9-11,13H,2-4,7-8H2,1H3,(H2,22,23,26,28). The van der Waals surface area contributed by atoms with Gasteiger partial charge in [-0.15, -0.1) is 0 Å². The quantitative estimate of drug-likeness (QED) is 0.748. The summed E-state index contributed by atoms with van der Waals surface area (Å²) in [5.74, 6) is -1.79. The second-order valence-corrected chi connectivity index (χ2v) is 7.30. The lowest BCUT2D eigenvalue weighted by atomic mass is 10.2. The fraction of sp³-hybridized carbons (Fsp3) is 0.400. The molecular weight excluding hydrogens is 379 g/mol. The number of carbonyl (C=O) groups excluding carboxylic acids is 3. The third-order valence-corrected chi connectivity index (χ3v) is 5.00. The Balaban J connectivity index is 1.47. The van der Waals surface area contributed by atoms with Gasteiger partial charge in [0.25, 0.3) is 5.91 Å². The molecule has 2 aliphatic carbocycles. The summed E-state index contributed by atoms with van der Waals surface area (Å²) in [5, 5.41) is 9.16. The molecule has 2 aliphatic rings. The number of benzene rings is 1. The predicted molar refractivity (Wildman–Crippen MR) is 100 cm³/mol. The van der Waals surface area contributed by atoms with Gasteiger partial charge in [-0.1, -0.05) is 0 Å². The van der Waals surface area contributed by atoms with Gasteiger partial charge in [-0.25, -0.2) is 18.7 Å². The van der Waals surface area contributed by atoms with Gasteiger partial charge in [-0.2, -0.15) is 5.10 Å². The molecule has 2 aromatic rings. The van der Waals surface area contributed by atoms with Crippen LogP contribution >= 0.6 is 0 Å². The first-order valence-corrected chi connectivity index (χ1v) is 9.61. The van der Waals surface area contributed by atoms with Gasteiger partial charge >= 0.3 is 12.0 Å². The molecule has 0 radical (unpaired) electrons. The van der Waals surface area contributed by atoms with Gasteiger partial charge in [0.15, 0.2) is 11.8 Å². The van der Waals surface area contributed by atoms with Crippen LogP contribution in [-0.2, 0) is 22.4 Å². The predicted octanol–water partition coefficient (Wildman–Crippen LogP) is 2.03. The number of esters is 1. The fourth-order valence-corrected chi connectivity index (χ4v) is 3.33. The van der Waals surface area contributed by atoms with Crippen molar-refractivity contribution < 1.29 is 23.5 Å². The molecule has 1 aromatic carbocycles. The Morgan fingerprint density at radius 3 is 2.62 bits per heavy atom. The molecule has 1 aromatic heterocycles. The molecule has 1 fully saturated rings. The molecule has 9 heteroatoms. The van der Waals surface area contributed by atoms with E-state index in [4.69, 9.17) is 4.74 Å². The van der Waals surface area contributed by atoms with Crippen LogP contribution in [0, 0.1) is 5.82 Å². The Morgan fingerprint density at radius 2 is 1.93 bits per heavy atom. The van der Waals surface area contributed by atoms with Crippen molar-refractivity contribution in [2.24, 2.45) is 0 Å². The lowest BCUT2D eigenvalue weighted by Gasteiger charge is -2.12. The lowest BCUT2D eigenvalue weighted by molar-refractivity contribution is -0.127. The van der Waals surface area contributed by atoms with Gasteiger partial charge in [-0.05, 0) is 63.3 Å². The molecule has 152 valence electrons.